The highest BCUT2D eigenvalue weighted by atomic mass is 35.5. The predicted octanol–water partition coefficient (Wildman–Crippen LogP) is 0.896. The third-order valence-corrected chi connectivity index (χ3v) is 1.42. The molecule has 1 aromatic rings. The number of halogens is 1. The first-order valence-electron chi connectivity index (χ1n) is 2.82. The molecule has 0 atom stereocenters. The molecule has 64 valence electrons. The molecule has 0 aromatic carbocycles. The van der Waals surface area contributed by atoms with Gasteiger partial charge in [0.1, 0.15) is 0 Å². The quantitative estimate of drug-likeness (QED) is 0.424. The molecule has 0 aliphatic heterocycles. The number of rotatable bonds is 2. The van der Waals surface area contributed by atoms with E-state index in [4.69, 9.17) is 17.5 Å². The molecule has 1 rings (SSSR count). The van der Waals surface area contributed by atoms with E-state index < -0.39 is 4.92 Å². The molecule has 12 heavy (non-hydrogen) atoms. The molecule has 0 aliphatic rings. The summed E-state index contributed by atoms with van der Waals surface area (Å²) in [5.74, 6) is 4.53. The van der Waals surface area contributed by atoms with Gasteiger partial charge >= 0.3 is 5.69 Å². The summed E-state index contributed by atoms with van der Waals surface area (Å²) in [6.07, 6.45) is 1.20. The van der Waals surface area contributed by atoms with Crippen LogP contribution in [0.2, 0.25) is 5.15 Å². The summed E-state index contributed by atoms with van der Waals surface area (Å²) in [6.45, 7) is 0. The Labute approximate surface area is 72.0 Å². The van der Waals surface area contributed by atoms with Crippen molar-refractivity contribution in [1.82, 2.24) is 4.98 Å². The molecule has 0 amide bonds. The fraction of sp³-hybridized carbons (Fsp3) is 0. The van der Waals surface area contributed by atoms with Gasteiger partial charge < -0.3 is 4.84 Å². The van der Waals surface area contributed by atoms with E-state index in [1.165, 1.54) is 6.20 Å². The zero-order valence-electron chi connectivity index (χ0n) is 5.73. The second-order valence-electron chi connectivity index (χ2n) is 1.82. The number of hydrogen-bond donors (Lipinski definition) is 1. The summed E-state index contributed by atoms with van der Waals surface area (Å²) < 4.78 is 0. The molecule has 7 heteroatoms. The molecular weight excluding hydrogens is 186 g/mol. The Kier molecular flexibility index (Phi) is 2.41. The van der Waals surface area contributed by atoms with Crippen LogP contribution in [0.25, 0.3) is 0 Å². The molecule has 0 spiro atoms. The standard InChI is InChI=1S/C5H4ClN3O3/c6-5-4(12-7)3(9(10)11)1-2-8-5/h1-2H,7H2. The highest BCUT2D eigenvalue weighted by Crippen LogP contribution is 2.31. The summed E-state index contributed by atoms with van der Waals surface area (Å²) in [5.41, 5.74) is -0.308. The molecular formula is C5H4ClN3O3. The zero-order chi connectivity index (χ0) is 9.14. The van der Waals surface area contributed by atoms with Gasteiger partial charge in [0.25, 0.3) is 5.75 Å². The van der Waals surface area contributed by atoms with Gasteiger partial charge in [-0.1, -0.05) is 11.6 Å². The Morgan fingerprint density at radius 1 is 1.75 bits per heavy atom. The highest BCUT2D eigenvalue weighted by Gasteiger charge is 2.18. The molecule has 0 radical (unpaired) electrons. The first-order valence-corrected chi connectivity index (χ1v) is 3.20. The van der Waals surface area contributed by atoms with Crippen LogP contribution in [0.15, 0.2) is 12.3 Å². The van der Waals surface area contributed by atoms with Crippen molar-refractivity contribution in [3.05, 3.63) is 27.5 Å². The SMILES string of the molecule is NOc1c([N+](=O)[O-])ccnc1Cl. The first-order chi connectivity index (χ1) is 5.66. The Morgan fingerprint density at radius 3 is 2.83 bits per heavy atom. The topological polar surface area (TPSA) is 91.3 Å². The Morgan fingerprint density at radius 2 is 2.42 bits per heavy atom. The molecule has 0 saturated heterocycles. The number of nitrogens with zero attached hydrogens (tertiary/aromatic N) is 2. The summed E-state index contributed by atoms with van der Waals surface area (Å²) >= 11 is 5.45. The third kappa shape index (κ3) is 1.44. The maximum atomic E-state index is 10.3. The maximum absolute atomic E-state index is 10.3. The Hall–Kier alpha value is -1.40. The van der Waals surface area contributed by atoms with Gasteiger partial charge in [-0.3, -0.25) is 10.1 Å². The summed E-state index contributed by atoms with van der Waals surface area (Å²) in [4.78, 5) is 17.4. The smallest absolute Gasteiger partial charge is 0.318 e. The lowest BCUT2D eigenvalue weighted by Gasteiger charge is -1.99. The first kappa shape index (κ1) is 8.69. The largest absolute Gasteiger partial charge is 0.401 e. The molecule has 6 nitrogen and oxygen atoms in total. The van der Waals surface area contributed by atoms with Crippen molar-refractivity contribution in [3.63, 3.8) is 0 Å². The molecule has 0 bridgehead atoms. The van der Waals surface area contributed by atoms with E-state index in [0.29, 0.717) is 0 Å². The second-order valence-corrected chi connectivity index (χ2v) is 2.18. The molecule has 0 fully saturated rings. The van der Waals surface area contributed by atoms with Gasteiger partial charge in [0.2, 0.25) is 0 Å². The molecule has 1 aromatic heterocycles. The van der Waals surface area contributed by atoms with Gasteiger partial charge in [0, 0.05) is 12.3 Å². The lowest BCUT2D eigenvalue weighted by Crippen LogP contribution is -2.05. The van der Waals surface area contributed by atoms with E-state index in [2.05, 4.69) is 9.82 Å². The van der Waals surface area contributed by atoms with Crippen molar-refractivity contribution in [2.45, 2.75) is 0 Å². The van der Waals surface area contributed by atoms with Crippen LogP contribution in [-0.4, -0.2) is 9.91 Å². The average Bonchev–Trinajstić information content (AvgIpc) is 2.03. The maximum Gasteiger partial charge on any atom is 0.318 e. The minimum atomic E-state index is -0.657. The van der Waals surface area contributed by atoms with Crippen molar-refractivity contribution in [2.75, 3.05) is 0 Å². The van der Waals surface area contributed by atoms with Crippen LogP contribution in [0.4, 0.5) is 5.69 Å². The lowest BCUT2D eigenvalue weighted by atomic mass is 10.4. The fourth-order valence-electron chi connectivity index (χ4n) is 0.666. The van der Waals surface area contributed by atoms with Crippen LogP contribution in [0.1, 0.15) is 0 Å². The van der Waals surface area contributed by atoms with Crippen molar-refractivity contribution < 1.29 is 9.76 Å². The predicted molar refractivity (Wildman–Crippen MR) is 40.7 cm³/mol. The lowest BCUT2D eigenvalue weighted by molar-refractivity contribution is -0.386. The minimum Gasteiger partial charge on any atom is -0.401 e. The number of nitro groups is 1. The van der Waals surface area contributed by atoms with E-state index in [1.807, 2.05) is 0 Å². The van der Waals surface area contributed by atoms with Crippen LogP contribution in [-0.2, 0) is 0 Å². The van der Waals surface area contributed by atoms with Gasteiger partial charge in [-0.2, -0.15) is 5.90 Å². The van der Waals surface area contributed by atoms with Gasteiger partial charge in [-0.05, 0) is 0 Å². The van der Waals surface area contributed by atoms with Crippen LogP contribution in [0, 0.1) is 10.1 Å². The van der Waals surface area contributed by atoms with Gasteiger partial charge in [0.05, 0.1) is 4.92 Å². The third-order valence-electron chi connectivity index (χ3n) is 1.15. The van der Waals surface area contributed by atoms with Crippen molar-refractivity contribution in [2.24, 2.45) is 5.90 Å². The summed E-state index contributed by atoms with van der Waals surface area (Å²) in [6, 6.07) is 1.15. The number of aromatic nitrogens is 1. The van der Waals surface area contributed by atoms with Gasteiger partial charge in [-0.15, -0.1) is 0 Å². The van der Waals surface area contributed by atoms with Crippen molar-refractivity contribution >= 4 is 17.3 Å². The molecule has 1 heterocycles. The zero-order valence-corrected chi connectivity index (χ0v) is 6.49. The molecule has 0 aliphatic carbocycles. The van der Waals surface area contributed by atoms with E-state index in [-0.39, 0.29) is 16.6 Å². The van der Waals surface area contributed by atoms with Crippen LogP contribution >= 0.6 is 11.6 Å². The Balaban J connectivity index is 3.27. The second kappa shape index (κ2) is 3.33. The van der Waals surface area contributed by atoms with Crippen LogP contribution < -0.4 is 10.7 Å². The average molecular weight is 190 g/mol. The van der Waals surface area contributed by atoms with Gasteiger partial charge in [-0.25, -0.2) is 4.98 Å². The Bertz CT molecular complexity index is 317. The molecule has 2 N–H and O–H groups in total. The van der Waals surface area contributed by atoms with Crippen molar-refractivity contribution in [1.29, 1.82) is 0 Å². The normalized spacial score (nSPS) is 9.50. The minimum absolute atomic E-state index is 0.133. The highest BCUT2D eigenvalue weighted by molar-refractivity contribution is 6.31. The van der Waals surface area contributed by atoms with Gasteiger partial charge in [0.15, 0.2) is 5.15 Å². The van der Waals surface area contributed by atoms with E-state index >= 15 is 0 Å². The van der Waals surface area contributed by atoms with Crippen LogP contribution in [0.3, 0.4) is 0 Å². The van der Waals surface area contributed by atoms with E-state index in [1.54, 1.807) is 0 Å². The number of nitrogens with two attached hydrogens (primary N) is 1. The molecule has 0 unspecified atom stereocenters. The molecule has 0 saturated carbocycles. The van der Waals surface area contributed by atoms with E-state index in [9.17, 15) is 10.1 Å². The van der Waals surface area contributed by atoms with Crippen LogP contribution in [0.5, 0.6) is 5.75 Å². The monoisotopic (exact) mass is 189 g/mol. The van der Waals surface area contributed by atoms with E-state index in [0.717, 1.165) is 6.07 Å². The summed E-state index contributed by atoms with van der Waals surface area (Å²) in [7, 11) is 0. The summed E-state index contributed by atoms with van der Waals surface area (Å²) in [5, 5.41) is 10.2. The van der Waals surface area contributed by atoms with Crippen molar-refractivity contribution in [3.8, 4) is 5.75 Å². The number of pyridine rings is 1. The number of hydrogen-bond acceptors (Lipinski definition) is 5. The fourth-order valence-corrected chi connectivity index (χ4v) is 0.864.